The predicted octanol–water partition coefficient (Wildman–Crippen LogP) is 3.35. The topological polar surface area (TPSA) is 54.4 Å². The summed E-state index contributed by atoms with van der Waals surface area (Å²) in [5.74, 6) is 0. The van der Waals surface area contributed by atoms with E-state index in [1.54, 1.807) is 6.07 Å². The van der Waals surface area contributed by atoms with Crippen LogP contribution < -0.4 is 0 Å². The Kier molecular flexibility index (Phi) is 6.92. The van der Waals surface area contributed by atoms with Gasteiger partial charge >= 0.3 is 10.1 Å². The number of rotatable bonds is 3. The highest BCUT2D eigenvalue weighted by molar-refractivity contribution is 7.85. The van der Waals surface area contributed by atoms with Crippen LogP contribution in [0, 0.1) is 0 Å². The molecule has 0 amide bonds. The molecule has 0 heterocycles. The Bertz CT molecular complexity index is 373. The van der Waals surface area contributed by atoms with E-state index in [1.807, 2.05) is 0 Å². The number of alkyl halides is 1. The third-order valence-electron chi connectivity index (χ3n) is 1.82. The Morgan fingerprint density at radius 3 is 1.94 bits per heavy atom. The first-order valence-electron chi connectivity index (χ1n) is 5.08. The molecule has 3 nitrogen and oxygen atoms in total. The smallest absolute Gasteiger partial charge is 0.283 e. The van der Waals surface area contributed by atoms with Gasteiger partial charge in [0.1, 0.15) is 0 Å². The van der Waals surface area contributed by atoms with Crippen molar-refractivity contribution in [3.8, 4) is 0 Å². The molecular weight excluding hydrogens is 231 g/mol. The van der Waals surface area contributed by atoms with Crippen LogP contribution in [0.5, 0.6) is 0 Å². The monoisotopic (exact) mass is 248 g/mol. The maximum absolute atomic E-state index is 12.8. The van der Waals surface area contributed by atoms with Crippen LogP contribution in [-0.4, -0.2) is 13.0 Å². The Hall–Kier alpha value is -0.940. The molecule has 0 aliphatic carbocycles. The number of benzene rings is 1. The molecule has 1 aromatic carbocycles. The molecule has 0 spiro atoms. The molecule has 0 aromatic heterocycles. The molecule has 1 rings (SSSR count). The molecule has 1 aromatic rings. The Morgan fingerprint density at radius 1 is 1.19 bits per heavy atom. The van der Waals surface area contributed by atoms with Crippen LogP contribution in [0.4, 0.5) is 4.39 Å². The number of hydrogen-bond donors (Lipinski definition) is 1. The zero-order valence-corrected chi connectivity index (χ0v) is 10.2. The summed E-state index contributed by atoms with van der Waals surface area (Å²) in [4.78, 5) is 0. The van der Waals surface area contributed by atoms with E-state index >= 15 is 0 Å². The van der Waals surface area contributed by atoms with Crippen molar-refractivity contribution in [3.63, 3.8) is 0 Å². The molecule has 1 N–H and O–H groups in total. The van der Waals surface area contributed by atoms with Crippen molar-refractivity contribution in [2.45, 2.75) is 32.2 Å². The lowest BCUT2D eigenvalue weighted by Crippen LogP contribution is -2.06. The summed E-state index contributed by atoms with van der Waals surface area (Å²) in [6.45, 7) is 4.36. The first-order chi connectivity index (χ1) is 7.43. The van der Waals surface area contributed by atoms with Crippen molar-refractivity contribution in [2.24, 2.45) is 0 Å². The molecule has 0 radical (unpaired) electrons. The fourth-order valence-electron chi connectivity index (χ4n) is 0.776. The van der Waals surface area contributed by atoms with E-state index in [4.69, 9.17) is 4.55 Å². The first kappa shape index (κ1) is 15.1. The summed E-state index contributed by atoms with van der Waals surface area (Å²) in [6, 6.07) is 7.19. The van der Waals surface area contributed by atoms with Gasteiger partial charge in [-0.15, -0.1) is 0 Å². The van der Waals surface area contributed by atoms with Crippen LogP contribution in [0.3, 0.4) is 0 Å². The zero-order chi connectivity index (χ0) is 12.6. The van der Waals surface area contributed by atoms with Gasteiger partial charge in [0.2, 0.25) is 0 Å². The minimum absolute atomic E-state index is 0.0694. The van der Waals surface area contributed by atoms with Crippen molar-refractivity contribution in [1.82, 2.24) is 0 Å². The van der Waals surface area contributed by atoms with E-state index in [2.05, 4.69) is 13.8 Å². The molecule has 0 fully saturated rings. The number of unbranched alkanes of at least 4 members (excludes halogenated alkanes) is 1. The molecular formula is C11H17FO3S. The Morgan fingerprint density at radius 2 is 1.62 bits per heavy atom. The van der Waals surface area contributed by atoms with E-state index in [0.717, 1.165) is 0 Å². The standard InChI is InChI=1S/C7H7FO3S.C4H10/c8-7(12(9,10)11)6-4-2-1-3-5-6;1-3-4-2/h1-5,7H,(H,9,10,11);3-4H2,1-2H3. The summed E-state index contributed by atoms with van der Waals surface area (Å²) < 4.78 is 41.8. The summed E-state index contributed by atoms with van der Waals surface area (Å²) >= 11 is 0. The van der Waals surface area contributed by atoms with E-state index in [1.165, 1.54) is 37.1 Å². The highest BCUT2D eigenvalue weighted by atomic mass is 32.2. The molecule has 0 aliphatic heterocycles. The van der Waals surface area contributed by atoms with Gasteiger partial charge in [-0.1, -0.05) is 57.0 Å². The third kappa shape index (κ3) is 5.82. The maximum atomic E-state index is 12.8. The van der Waals surface area contributed by atoms with Gasteiger partial charge in [0.25, 0.3) is 5.50 Å². The fourth-order valence-corrected chi connectivity index (χ4v) is 1.28. The number of hydrogen-bond acceptors (Lipinski definition) is 2. The minimum atomic E-state index is -4.62. The second kappa shape index (κ2) is 7.35. The largest absolute Gasteiger partial charge is 0.301 e. The first-order valence-corrected chi connectivity index (χ1v) is 6.59. The van der Waals surface area contributed by atoms with Gasteiger partial charge < -0.3 is 0 Å². The van der Waals surface area contributed by atoms with Crippen molar-refractivity contribution < 1.29 is 17.4 Å². The molecule has 5 heteroatoms. The lowest BCUT2D eigenvalue weighted by molar-refractivity contribution is 0.380. The van der Waals surface area contributed by atoms with Crippen LogP contribution >= 0.6 is 0 Å². The minimum Gasteiger partial charge on any atom is -0.283 e. The van der Waals surface area contributed by atoms with E-state index in [-0.39, 0.29) is 5.56 Å². The van der Waals surface area contributed by atoms with Crippen LogP contribution in [0.15, 0.2) is 30.3 Å². The van der Waals surface area contributed by atoms with Gasteiger partial charge in [-0.2, -0.15) is 8.42 Å². The fraction of sp³-hybridized carbons (Fsp3) is 0.455. The second-order valence-corrected chi connectivity index (χ2v) is 4.69. The van der Waals surface area contributed by atoms with Crippen molar-refractivity contribution >= 4 is 10.1 Å². The average Bonchev–Trinajstić information content (AvgIpc) is 2.28. The molecule has 1 atom stereocenters. The number of halogens is 1. The van der Waals surface area contributed by atoms with Crippen LogP contribution in [-0.2, 0) is 10.1 Å². The lowest BCUT2D eigenvalue weighted by Gasteiger charge is -2.03. The molecule has 92 valence electrons. The van der Waals surface area contributed by atoms with Crippen LogP contribution in [0.1, 0.15) is 37.8 Å². The molecule has 0 aliphatic rings. The van der Waals surface area contributed by atoms with Crippen molar-refractivity contribution in [2.75, 3.05) is 0 Å². The lowest BCUT2D eigenvalue weighted by atomic mass is 10.2. The molecule has 0 saturated carbocycles. The van der Waals surface area contributed by atoms with Gasteiger partial charge in [-0.3, -0.25) is 4.55 Å². The summed E-state index contributed by atoms with van der Waals surface area (Å²) in [5.41, 5.74) is -2.42. The van der Waals surface area contributed by atoms with E-state index in [0.29, 0.717) is 0 Å². The Labute approximate surface area is 96.1 Å². The predicted molar refractivity (Wildman–Crippen MR) is 62.4 cm³/mol. The Balaban J connectivity index is 0.000000487. The highest BCUT2D eigenvalue weighted by Gasteiger charge is 2.23. The van der Waals surface area contributed by atoms with E-state index < -0.39 is 15.6 Å². The third-order valence-corrected chi connectivity index (χ3v) is 2.62. The summed E-state index contributed by atoms with van der Waals surface area (Å²) in [6.07, 6.45) is 2.64. The van der Waals surface area contributed by atoms with Gasteiger partial charge in [-0.25, -0.2) is 4.39 Å². The highest BCUT2D eigenvalue weighted by Crippen LogP contribution is 2.21. The molecule has 1 unspecified atom stereocenters. The molecule has 0 bridgehead atoms. The van der Waals surface area contributed by atoms with Crippen molar-refractivity contribution in [1.29, 1.82) is 0 Å². The maximum Gasteiger partial charge on any atom is 0.301 e. The SMILES string of the molecule is CCCC.O=S(=O)(O)C(F)c1ccccc1. The van der Waals surface area contributed by atoms with Crippen molar-refractivity contribution in [3.05, 3.63) is 35.9 Å². The van der Waals surface area contributed by atoms with Gasteiger partial charge in [0.05, 0.1) is 0 Å². The summed E-state index contributed by atoms with van der Waals surface area (Å²) in [7, 11) is -4.62. The molecule has 0 saturated heterocycles. The summed E-state index contributed by atoms with van der Waals surface area (Å²) in [5, 5.41) is 0. The van der Waals surface area contributed by atoms with Gasteiger partial charge in [0, 0.05) is 5.56 Å². The van der Waals surface area contributed by atoms with Crippen LogP contribution in [0.25, 0.3) is 0 Å². The second-order valence-electron chi connectivity index (χ2n) is 3.24. The van der Waals surface area contributed by atoms with E-state index in [9.17, 15) is 12.8 Å². The van der Waals surface area contributed by atoms with Gasteiger partial charge in [-0.05, 0) is 0 Å². The normalized spacial score (nSPS) is 12.5. The average molecular weight is 248 g/mol. The molecule has 16 heavy (non-hydrogen) atoms. The van der Waals surface area contributed by atoms with Gasteiger partial charge in [0.15, 0.2) is 0 Å². The quantitative estimate of drug-likeness (QED) is 0.834. The zero-order valence-electron chi connectivity index (χ0n) is 9.43. The van der Waals surface area contributed by atoms with Crippen LogP contribution in [0.2, 0.25) is 0 Å².